The number of hydrogen-bond donors (Lipinski definition) is 3. The second kappa shape index (κ2) is 9.02. The van der Waals surface area contributed by atoms with Crippen LogP contribution in [0, 0.1) is 6.92 Å². The summed E-state index contributed by atoms with van der Waals surface area (Å²) in [5.74, 6) is -0.964. The third-order valence-corrected chi connectivity index (χ3v) is 3.66. The Morgan fingerprint density at radius 1 is 1.30 bits per heavy atom. The molecule has 0 aromatic heterocycles. The second-order valence-electron chi connectivity index (χ2n) is 5.48. The molecule has 1 amide bonds. The Bertz CT molecular complexity index is 556. The van der Waals surface area contributed by atoms with Crippen molar-refractivity contribution in [1.82, 2.24) is 5.32 Å². The summed E-state index contributed by atoms with van der Waals surface area (Å²) in [6.45, 7) is 5.99. The van der Waals surface area contributed by atoms with Crippen molar-refractivity contribution in [1.29, 1.82) is 0 Å². The number of unbranched alkanes of at least 4 members (excludes halogenated alkanes) is 1. The van der Waals surface area contributed by atoms with Gasteiger partial charge in [0.1, 0.15) is 11.8 Å². The molecular weight excluding hydrogens is 298 g/mol. The number of aryl methyl sites for hydroxylation is 2. The maximum absolute atomic E-state index is 11.7. The summed E-state index contributed by atoms with van der Waals surface area (Å²) in [6.07, 6.45) is 1.72. The van der Waals surface area contributed by atoms with Crippen molar-refractivity contribution in [3.8, 4) is 5.75 Å². The third kappa shape index (κ3) is 5.81. The minimum atomic E-state index is -1.12. The van der Waals surface area contributed by atoms with Gasteiger partial charge in [-0.3, -0.25) is 0 Å². The van der Waals surface area contributed by atoms with Crippen molar-refractivity contribution in [2.75, 3.05) is 6.61 Å². The van der Waals surface area contributed by atoms with Gasteiger partial charge in [-0.1, -0.05) is 20.3 Å². The number of amides is 1. The minimum Gasteiger partial charge on any atom is -0.508 e. The average molecular weight is 323 g/mol. The monoisotopic (exact) mass is 323 g/mol. The number of nitrogens with one attached hydrogen (secondary N) is 1. The number of phenols is 1. The molecule has 0 radical (unpaired) electrons. The summed E-state index contributed by atoms with van der Waals surface area (Å²) in [6, 6.07) is 2.14. The summed E-state index contributed by atoms with van der Waals surface area (Å²) in [5.41, 5.74) is 2.50. The molecule has 0 bridgehead atoms. The van der Waals surface area contributed by atoms with E-state index in [2.05, 4.69) is 5.32 Å². The van der Waals surface area contributed by atoms with Crippen molar-refractivity contribution in [3.63, 3.8) is 0 Å². The number of phenolic OH excluding ortho intramolecular Hbond substituents is 1. The van der Waals surface area contributed by atoms with E-state index in [0.29, 0.717) is 6.42 Å². The molecule has 0 heterocycles. The van der Waals surface area contributed by atoms with Crippen molar-refractivity contribution >= 4 is 12.1 Å². The normalized spacial score (nSPS) is 11.8. The van der Waals surface area contributed by atoms with Gasteiger partial charge in [0.25, 0.3) is 0 Å². The number of carbonyl (C=O) groups excluding carboxylic acids is 1. The van der Waals surface area contributed by atoms with Crippen molar-refractivity contribution in [2.24, 2.45) is 0 Å². The molecule has 0 fully saturated rings. The van der Waals surface area contributed by atoms with E-state index < -0.39 is 18.1 Å². The van der Waals surface area contributed by atoms with Gasteiger partial charge in [0.05, 0.1) is 6.61 Å². The number of benzene rings is 1. The highest BCUT2D eigenvalue weighted by Crippen LogP contribution is 2.23. The van der Waals surface area contributed by atoms with Crippen LogP contribution in [-0.2, 0) is 22.4 Å². The SMILES string of the molecule is CCCCOC(=O)N[C@@H](Cc1c(C)cc(O)cc1CC)C(=O)O. The van der Waals surface area contributed by atoms with E-state index in [1.807, 2.05) is 20.8 Å². The van der Waals surface area contributed by atoms with Crippen LogP contribution < -0.4 is 5.32 Å². The Balaban J connectivity index is 2.85. The summed E-state index contributed by atoms with van der Waals surface area (Å²) >= 11 is 0. The number of carbonyl (C=O) groups is 2. The first-order chi connectivity index (χ1) is 10.9. The Kier molecular flexibility index (Phi) is 7.38. The van der Waals surface area contributed by atoms with Crippen LogP contribution in [0.4, 0.5) is 4.79 Å². The molecule has 1 atom stereocenters. The number of carboxylic acid groups (broad SMARTS) is 1. The van der Waals surface area contributed by atoms with Gasteiger partial charge in [-0.25, -0.2) is 9.59 Å². The number of rotatable bonds is 8. The fourth-order valence-electron chi connectivity index (χ4n) is 2.37. The quantitative estimate of drug-likeness (QED) is 0.639. The maximum atomic E-state index is 11.7. The molecule has 0 spiro atoms. The molecule has 3 N–H and O–H groups in total. The van der Waals surface area contributed by atoms with Crippen LogP contribution in [0.15, 0.2) is 12.1 Å². The zero-order chi connectivity index (χ0) is 17.4. The molecule has 1 rings (SSSR count). The predicted octanol–water partition coefficient (Wildman–Crippen LogP) is 2.79. The van der Waals surface area contributed by atoms with E-state index in [-0.39, 0.29) is 18.8 Å². The van der Waals surface area contributed by atoms with Crippen LogP contribution in [0.3, 0.4) is 0 Å². The number of aromatic hydroxyl groups is 1. The standard InChI is InChI=1S/C17H25NO5/c1-4-6-7-23-17(22)18-15(16(20)21)10-14-11(3)8-13(19)9-12(14)5-2/h8-9,15,19H,4-7,10H2,1-3H3,(H,18,22)(H,20,21)/t15-/m0/s1. The molecule has 23 heavy (non-hydrogen) atoms. The lowest BCUT2D eigenvalue weighted by Crippen LogP contribution is -2.43. The lowest BCUT2D eigenvalue weighted by atomic mass is 9.94. The molecule has 1 aromatic carbocycles. The van der Waals surface area contributed by atoms with Crippen LogP contribution in [0.25, 0.3) is 0 Å². The number of hydrogen-bond acceptors (Lipinski definition) is 4. The van der Waals surface area contributed by atoms with E-state index in [4.69, 9.17) is 4.74 Å². The highest BCUT2D eigenvalue weighted by atomic mass is 16.5. The molecule has 0 aliphatic rings. The van der Waals surface area contributed by atoms with Crippen LogP contribution in [-0.4, -0.2) is 34.9 Å². The van der Waals surface area contributed by atoms with Crippen LogP contribution in [0.5, 0.6) is 5.75 Å². The van der Waals surface area contributed by atoms with Gasteiger partial charge in [-0.05, 0) is 48.6 Å². The van der Waals surface area contributed by atoms with Crippen molar-refractivity contribution in [3.05, 3.63) is 28.8 Å². The smallest absolute Gasteiger partial charge is 0.407 e. The van der Waals surface area contributed by atoms with Gasteiger partial charge < -0.3 is 20.3 Å². The van der Waals surface area contributed by atoms with Gasteiger partial charge >= 0.3 is 12.1 Å². The Hall–Kier alpha value is -2.24. The zero-order valence-corrected chi connectivity index (χ0v) is 13.9. The van der Waals surface area contributed by atoms with Gasteiger partial charge in [0, 0.05) is 6.42 Å². The molecule has 128 valence electrons. The van der Waals surface area contributed by atoms with Gasteiger partial charge in [-0.2, -0.15) is 0 Å². The fraction of sp³-hybridized carbons (Fsp3) is 0.529. The first-order valence-electron chi connectivity index (χ1n) is 7.86. The molecule has 0 saturated carbocycles. The van der Waals surface area contributed by atoms with Gasteiger partial charge in [-0.15, -0.1) is 0 Å². The maximum Gasteiger partial charge on any atom is 0.407 e. The first kappa shape index (κ1) is 18.8. The Morgan fingerprint density at radius 2 is 2.00 bits per heavy atom. The molecule has 0 unspecified atom stereocenters. The van der Waals surface area contributed by atoms with E-state index in [1.165, 1.54) is 0 Å². The summed E-state index contributed by atoms with van der Waals surface area (Å²) < 4.78 is 4.95. The number of alkyl carbamates (subject to hydrolysis) is 1. The second-order valence-corrected chi connectivity index (χ2v) is 5.48. The topological polar surface area (TPSA) is 95.9 Å². The van der Waals surface area contributed by atoms with E-state index >= 15 is 0 Å². The lowest BCUT2D eigenvalue weighted by Gasteiger charge is -2.18. The highest BCUT2D eigenvalue weighted by molar-refractivity contribution is 5.80. The van der Waals surface area contributed by atoms with E-state index in [9.17, 15) is 19.8 Å². The van der Waals surface area contributed by atoms with Crippen molar-refractivity contribution < 1.29 is 24.5 Å². The Labute approximate surface area is 136 Å². The average Bonchev–Trinajstić information content (AvgIpc) is 2.48. The summed E-state index contributed by atoms with van der Waals surface area (Å²) in [5, 5.41) is 21.4. The van der Waals surface area contributed by atoms with Crippen LogP contribution >= 0.6 is 0 Å². The lowest BCUT2D eigenvalue weighted by molar-refractivity contribution is -0.139. The molecule has 0 aliphatic carbocycles. The molecule has 6 heteroatoms. The van der Waals surface area contributed by atoms with Gasteiger partial charge in [0.15, 0.2) is 0 Å². The number of carboxylic acids is 1. The predicted molar refractivity (Wildman–Crippen MR) is 86.7 cm³/mol. The number of aliphatic carboxylic acids is 1. The first-order valence-corrected chi connectivity index (χ1v) is 7.86. The molecule has 0 saturated heterocycles. The number of ether oxygens (including phenoxy) is 1. The fourth-order valence-corrected chi connectivity index (χ4v) is 2.37. The van der Waals surface area contributed by atoms with Crippen LogP contribution in [0.1, 0.15) is 43.4 Å². The van der Waals surface area contributed by atoms with Crippen LogP contribution in [0.2, 0.25) is 0 Å². The minimum absolute atomic E-state index is 0.146. The summed E-state index contributed by atoms with van der Waals surface area (Å²) in [7, 11) is 0. The van der Waals surface area contributed by atoms with Crippen molar-refractivity contribution in [2.45, 2.75) is 52.5 Å². The largest absolute Gasteiger partial charge is 0.508 e. The molecule has 0 aliphatic heterocycles. The van der Waals surface area contributed by atoms with E-state index in [1.54, 1.807) is 12.1 Å². The summed E-state index contributed by atoms with van der Waals surface area (Å²) in [4.78, 5) is 23.1. The zero-order valence-electron chi connectivity index (χ0n) is 13.9. The van der Waals surface area contributed by atoms with Gasteiger partial charge in [0.2, 0.25) is 0 Å². The molecular formula is C17H25NO5. The third-order valence-electron chi connectivity index (χ3n) is 3.66. The molecule has 6 nitrogen and oxygen atoms in total. The molecule has 1 aromatic rings. The van der Waals surface area contributed by atoms with E-state index in [0.717, 1.165) is 29.5 Å². The highest BCUT2D eigenvalue weighted by Gasteiger charge is 2.23. The Morgan fingerprint density at radius 3 is 2.57 bits per heavy atom.